The van der Waals surface area contributed by atoms with Gasteiger partial charge in [-0.25, -0.2) is 0 Å². The number of ether oxygens (including phenoxy) is 1. The topological polar surface area (TPSA) is 12.5 Å². The van der Waals surface area contributed by atoms with E-state index in [9.17, 15) is 0 Å². The largest absolute Gasteiger partial charge is 0.473 e. The summed E-state index contributed by atoms with van der Waals surface area (Å²) < 4.78 is 6.01. The molecule has 6 rings (SSSR count). The zero-order valence-corrected chi connectivity index (χ0v) is 17.0. The molecule has 1 aliphatic rings. The smallest absolute Gasteiger partial charge is 0.161 e. The van der Waals surface area contributed by atoms with E-state index in [0.717, 1.165) is 12.3 Å². The number of anilines is 1. The Balaban J connectivity index is 0.000000573. The minimum Gasteiger partial charge on any atom is -0.473 e. The highest BCUT2D eigenvalue weighted by atomic mass is 16.5. The van der Waals surface area contributed by atoms with Gasteiger partial charge in [-0.3, -0.25) is 0 Å². The van der Waals surface area contributed by atoms with Gasteiger partial charge in [-0.1, -0.05) is 87.0 Å². The average molecular weight is 380 g/mol. The summed E-state index contributed by atoms with van der Waals surface area (Å²) in [4.78, 5) is 2.33. The lowest BCUT2D eigenvalue weighted by Crippen LogP contribution is -2.31. The first-order valence-corrected chi connectivity index (χ1v) is 10.4. The van der Waals surface area contributed by atoms with E-state index in [4.69, 9.17) is 4.74 Å². The molecule has 0 unspecified atom stereocenters. The molecule has 144 valence electrons. The minimum absolute atomic E-state index is 0.584. The zero-order chi connectivity index (χ0) is 19.8. The molecule has 0 atom stereocenters. The van der Waals surface area contributed by atoms with Crippen LogP contribution in [0.5, 0.6) is 5.75 Å². The van der Waals surface area contributed by atoms with Crippen LogP contribution in [0.25, 0.3) is 32.3 Å². The zero-order valence-electron chi connectivity index (χ0n) is 17.0. The van der Waals surface area contributed by atoms with Gasteiger partial charge in [0.25, 0.3) is 0 Å². The maximum atomic E-state index is 6.01. The first-order chi connectivity index (χ1) is 14.3. The maximum Gasteiger partial charge on any atom is 0.161 e. The Morgan fingerprint density at radius 2 is 1.38 bits per heavy atom. The molecule has 0 N–H and O–H groups in total. The fourth-order valence-corrected chi connectivity index (χ4v) is 4.32. The number of para-hydroxylation sites is 1. The number of benzene rings is 5. The SMILES string of the molecule is CCC.c1ccc2c(c1)CN(c1ccc3ccc4cccc5ccc1c3c45)CO2. The fraction of sp³-hybridized carbons (Fsp3) is 0.185. The van der Waals surface area contributed by atoms with Crippen LogP contribution >= 0.6 is 0 Å². The van der Waals surface area contributed by atoms with Crippen LogP contribution in [0, 0.1) is 0 Å². The Labute approximate surface area is 171 Å². The molecule has 0 aromatic heterocycles. The summed E-state index contributed by atoms with van der Waals surface area (Å²) in [5, 5.41) is 7.93. The molecule has 0 saturated heterocycles. The quantitative estimate of drug-likeness (QED) is 0.282. The van der Waals surface area contributed by atoms with Gasteiger partial charge in [-0.05, 0) is 39.1 Å². The van der Waals surface area contributed by atoms with Crippen molar-refractivity contribution in [2.75, 3.05) is 11.6 Å². The van der Waals surface area contributed by atoms with Gasteiger partial charge >= 0.3 is 0 Å². The van der Waals surface area contributed by atoms with Crippen molar-refractivity contribution in [2.45, 2.75) is 26.8 Å². The van der Waals surface area contributed by atoms with Crippen molar-refractivity contribution >= 4 is 38.0 Å². The van der Waals surface area contributed by atoms with Crippen LogP contribution in [-0.4, -0.2) is 6.73 Å². The van der Waals surface area contributed by atoms with E-state index < -0.39 is 0 Å². The highest BCUT2D eigenvalue weighted by Gasteiger charge is 2.20. The van der Waals surface area contributed by atoms with Crippen molar-refractivity contribution in [3.05, 3.63) is 84.4 Å². The Morgan fingerprint density at radius 3 is 2.17 bits per heavy atom. The van der Waals surface area contributed by atoms with Crippen molar-refractivity contribution in [3.63, 3.8) is 0 Å². The molecule has 0 saturated carbocycles. The molecule has 0 bridgehead atoms. The molecule has 2 heteroatoms. The van der Waals surface area contributed by atoms with Gasteiger partial charge in [0.1, 0.15) is 5.75 Å². The number of nitrogens with zero attached hydrogens (tertiary/aromatic N) is 1. The van der Waals surface area contributed by atoms with Crippen molar-refractivity contribution in [3.8, 4) is 5.75 Å². The van der Waals surface area contributed by atoms with Gasteiger partial charge in [0.15, 0.2) is 6.73 Å². The molecule has 0 spiro atoms. The predicted molar refractivity (Wildman–Crippen MR) is 124 cm³/mol. The minimum atomic E-state index is 0.584. The predicted octanol–water partition coefficient (Wildman–Crippen LogP) is 7.36. The molecule has 0 aliphatic carbocycles. The van der Waals surface area contributed by atoms with Gasteiger partial charge in [-0.15, -0.1) is 0 Å². The van der Waals surface area contributed by atoms with Crippen molar-refractivity contribution < 1.29 is 4.74 Å². The standard InChI is InChI=1S/C24H17NO.C3H8/c1-2-7-22-19(4-1)14-25(15-26-22)21-13-11-18-9-8-16-5-3-6-17-10-12-20(21)24(18)23(16)17;1-3-2/h1-13H,14-15H2;3H2,1-2H3. The summed E-state index contributed by atoms with van der Waals surface area (Å²) >= 11 is 0. The van der Waals surface area contributed by atoms with Gasteiger partial charge in [-0.2, -0.15) is 0 Å². The first kappa shape index (κ1) is 17.8. The van der Waals surface area contributed by atoms with E-state index in [1.165, 1.54) is 50.0 Å². The Hall–Kier alpha value is -3.26. The summed E-state index contributed by atoms with van der Waals surface area (Å²) in [7, 11) is 0. The Bertz CT molecular complexity index is 1270. The summed E-state index contributed by atoms with van der Waals surface area (Å²) in [6.45, 7) is 5.71. The molecular formula is C27H25NO. The molecule has 5 aromatic carbocycles. The molecule has 1 heterocycles. The van der Waals surface area contributed by atoms with Crippen molar-refractivity contribution in [2.24, 2.45) is 0 Å². The van der Waals surface area contributed by atoms with Gasteiger partial charge in [0, 0.05) is 23.2 Å². The highest BCUT2D eigenvalue weighted by molar-refractivity contribution is 6.25. The lowest BCUT2D eigenvalue weighted by Gasteiger charge is -2.32. The lowest BCUT2D eigenvalue weighted by atomic mass is 9.93. The van der Waals surface area contributed by atoms with E-state index in [2.05, 4.69) is 91.5 Å². The third kappa shape index (κ3) is 2.96. The van der Waals surface area contributed by atoms with E-state index in [1.54, 1.807) is 0 Å². The third-order valence-corrected chi connectivity index (χ3v) is 5.56. The van der Waals surface area contributed by atoms with Crippen molar-refractivity contribution in [1.82, 2.24) is 0 Å². The van der Waals surface area contributed by atoms with Crippen LogP contribution in [0.3, 0.4) is 0 Å². The molecule has 5 aromatic rings. The second kappa shape index (κ2) is 7.29. The summed E-state index contributed by atoms with van der Waals surface area (Å²) in [5.41, 5.74) is 2.48. The second-order valence-corrected chi connectivity index (χ2v) is 7.73. The molecule has 0 amide bonds. The molecule has 0 radical (unpaired) electrons. The van der Waals surface area contributed by atoms with E-state index in [0.29, 0.717) is 6.73 Å². The maximum absolute atomic E-state index is 6.01. The Morgan fingerprint density at radius 1 is 0.724 bits per heavy atom. The number of hydrogen-bond donors (Lipinski definition) is 0. The van der Waals surface area contributed by atoms with Gasteiger partial charge < -0.3 is 9.64 Å². The first-order valence-electron chi connectivity index (χ1n) is 10.4. The normalized spacial score (nSPS) is 13.2. The van der Waals surface area contributed by atoms with Crippen LogP contribution < -0.4 is 9.64 Å². The molecule has 0 fully saturated rings. The number of fused-ring (bicyclic) bond motifs is 1. The number of hydrogen-bond acceptors (Lipinski definition) is 2. The monoisotopic (exact) mass is 379 g/mol. The third-order valence-electron chi connectivity index (χ3n) is 5.56. The number of rotatable bonds is 1. The second-order valence-electron chi connectivity index (χ2n) is 7.73. The highest BCUT2D eigenvalue weighted by Crippen LogP contribution is 2.40. The Kier molecular flexibility index (Phi) is 4.48. The van der Waals surface area contributed by atoms with Crippen LogP contribution in [0.2, 0.25) is 0 Å². The molecule has 29 heavy (non-hydrogen) atoms. The van der Waals surface area contributed by atoms with Crippen LogP contribution in [-0.2, 0) is 6.54 Å². The van der Waals surface area contributed by atoms with Crippen molar-refractivity contribution in [1.29, 1.82) is 0 Å². The van der Waals surface area contributed by atoms with Gasteiger partial charge in [0.05, 0.1) is 0 Å². The molecule has 2 nitrogen and oxygen atoms in total. The summed E-state index contributed by atoms with van der Waals surface area (Å²) in [6, 6.07) is 28.3. The van der Waals surface area contributed by atoms with E-state index in [-0.39, 0.29) is 0 Å². The summed E-state index contributed by atoms with van der Waals surface area (Å²) in [6.07, 6.45) is 1.25. The van der Waals surface area contributed by atoms with E-state index >= 15 is 0 Å². The van der Waals surface area contributed by atoms with E-state index in [1.807, 2.05) is 6.07 Å². The average Bonchev–Trinajstić information content (AvgIpc) is 2.77. The van der Waals surface area contributed by atoms with Gasteiger partial charge in [0.2, 0.25) is 0 Å². The summed E-state index contributed by atoms with van der Waals surface area (Å²) in [5.74, 6) is 1.00. The van der Waals surface area contributed by atoms with Crippen LogP contribution in [0.1, 0.15) is 25.8 Å². The molecular weight excluding hydrogens is 354 g/mol. The van der Waals surface area contributed by atoms with Crippen LogP contribution in [0.4, 0.5) is 5.69 Å². The van der Waals surface area contributed by atoms with Crippen LogP contribution in [0.15, 0.2) is 78.9 Å². The molecule has 1 aliphatic heterocycles. The lowest BCUT2D eigenvalue weighted by molar-refractivity contribution is 0.290. The fourth-order valence-electron chi connectivity index (χ4n) is 4.32.